The molecular formula is C14H18BrF3N2. The first-order valence-electron chi connectivity index (χ1n) is 6.63. The first-order valence-corrected chi connectivity index (χ1v) is 7.43. The third-order valence-corrected chi connectivity index (χ3v) is 3.99. The number of benzene rings is 1. The number of hydrogen-bond donors (Lipinski definition) is 1. The van der Waals surface area contributed by atoms with Crippen molar-refractivity contribution >= 4 is 21.6 Å². The van der Waals surface area contributed by atoms with Gasteiger partial charge < -0.3 is 10.6 Å². The summed E-state index contributed by atoms with van der Waals surface area (Å²) in [7, 11) is 0. The maximum Gasteiger partial charge on any atom is 0.405 e. The number of rotatable bonds is 5. The fourth-order valence-electron chi connectivity index (χ4n) is 2.24. The normalized spacial score (nSPS) is 17.1. The van der Waals surface area contributed by atoms with Crippen LogP contribution in [0.4, 0.5) is 18.9 Å². The van der Waals surface area contributed by atoms with Gasteiger partial charge in [-0.2, -0.15) is 13.2 Å². The third-order valence-electron chi connectivity index (χ3n) is 3.25. The topological polar surface area (TPSA) is 29.3 Å². The number of halogens is 4. The molecule has 1 aliphatic carbocycles. The minimum absolute atomic E-state index is 0.0165. The maximum atomic E-state index is 12.7. The molecule has 2 N–H and O–H groups in total. The van der Waals surface area contributed by atoms with Crippen LogP contribution in [0.25, 0.3) is 0 Å². The highest BCUT2D eigenvalue weighted by atomic mass is 79.9. The first kappa shape index (κ1) is 15.6. The van der Waals surface area contributed by atoms with Gasteiger partial charge in [0.15, 0.2) is 0 Å². The molecule has 0 amide bonds. The summed E-state index contributed by atoms with van der Waals surface area (Å²) in [6.07, 6.45) is -1.83. The summed E-state index contributed by atoms with van der Waals surface area (Å²) in [6, 6.07) is 5.41. The Morgan fingerprint density at radius 1 is 1.40 bits per heavy atom. The van der Waals surface area contributed by atoms with Crippen molar-refractivity contribution in [2.75, 3.05) is 11.4 Å². The van der Waals surface area contributed by atoms with E-state index in [1.807, 2.05) is 13.0 Å². The van der Waals surface area contributed by atoms with E-state index in [1.165, 1.54) is 4.90 Å². The van der Waals surface area contributed by atoms with E-state index >= 15 is 0 Å². The molecule has 0 spiro atoms. The second kappa shape index (κ2) is 5.93. The Morgan fingerprint density at radius 2 is 2.05 bits per heavy atom. The fraction of sp³-hybridized carbons (Fsp3) is 0.571. The average molecular weight is 351 g/mol. The lowest BCUT2D eigenvalue weighted by Gasteiger charge is -2.26. The summed E-state index contributed by atoms with van der Waals surface area (Å²) < 4.78 is 38.8. The summed E-state index contributed by atoms with van der Waals surface area (Å²) in [6.45, 7) is 1.01. The van der Waals surface area contributed by atoms with Gasteiger partial charge in [0, 0.05) is 22.2 Å². The van der Waals surface area contributed by atoms with E-state index in [0.717, 1.165) is 22.9 Å². The number of nitrogens with two attached hydrogens (primary N) is 1. The van der Waals surface area contributed by atoms with Gasteiger partial charge in [0.1, 0.15) is 6.54 Å². The minimum Gasteiger partial charge on any atom is -0.359 e. The molecule has 1 atom stereocenters. The molecule has 6 heteroatoms. The second-order valence-corrected chi connectivity index (χ2v) is 6.29. The largest absolute Gasteiger partial charge is 0.405 e. The highest BCUT2D eigenvalue weighted by Gasteiger charge is 2.38. The van der Waals surface area contributed by atoms with Crippen LogP contribution in [-0.4, -0.2) is 24.8 Å². The van der Waals surface area contributed by atoms with Crippen LogP contribution >= 0.6 is 15.9 Å². The van der Waals surface area contributed by atoms with Gasteiger partial charge in [-0.3, -0.25) is 0 Å². The molecule has 1 fully saturated rings. The zero-order valence-electron chi connectivity index (χ0n) is 11.3. The monoisotopic (exact) mass is 350 g/mol. The van der Waals surface area contributed by atoms with Crippen molar-refractivity contribution in [3.05, 3.63) is 28.2 Å². The van der Waals surface area contributed by atoms with Crippen LogP contribution in [0.15, 0.2) is 22.7 Å². The lowest BCUT2D eigenvalue weighted by Crippen LogP contribution is -2.36. The van der Waals surface area contributed by atoms with Gasteiger partial charge in [0.05, 0.1) is 0 Å². The lowest BCUT2D eigenvalue weighted by molar-refractivity contribution is -0.120. The van der Waals surface area contributed by atoms with Gasteiger partial charge in [-0.25, -0.2) is 0 Å². The van der Waals surface area contributed by atoms with Crippen LogP contribution in [0, 0.1) is 0 Å². The fourth-order valence-corrected chi connectivity index (χ4v) is 2.77. The molecule has 0 radical (unpaired) electrons. The van der Waals surface area contributed by atoms with Crippen molar-refractivity contribution in [1.82, 2.24) is 0 Å². The molecule has 0 saturated heterocycles. The Bertz CT molecular complexity index is 470. The average Bonchev–Trinajstić information content (AvgIpc) is 3.11. The molecule has 2 rings (SSSR count). The highest BCUT2D eigenvalue weighted by molar-refractivity contribution is 9.10. The predicted molar refractivity (Wildman–Crippen MR) is 77.9 cm³/mol. The molecule has 1 aromatic carbocycles. The molecule has 1 aliphatic rings. The van der Waals surface area contributed by atoms with Crippen LogP contribution in [0.1, 0.15) is 25.3 Å². The molecule has 20 heavy (non-hydrogen) atoms. The molecule has 2 nitrogen and oxygen atoms in total. The van der Waals surface area contributed by atoms with Gasteiger partial charge in [-0.15, -0.1) is 0 Å². The number of alkyl halides is 3. The molecular weight excluding hydrogens is 333 g/mol. The number of nitrogens with zero attached hydrogens (tertiary/aromatic N) is 1. The molecule has 1 aromatic rings. The van der Waals surface area contributed by atoms with E-state index in [4.69, 9.17) is 5.73 Å². The van der Waals surface area contributed by atoms with E-state index in [0.29, 0.717) is 12.1 Å². The van der Waals surface area contributed by atoms with Crippen LogP contribution in [0.5, 0.6) is 0 Å². The summed E-state index contributed by atoms with van der Waals surface area (Å²) in [5, 5.41) is 0. The molecule has 0 bridgehead atoms. The van der Waals surface area contributed by atoms with Gasteiger partial charge in [0.2, 0.25) is 0 Å². The van der Waals surface area contributed by atoms with Gasteiger partial charge in [-0.05, 0) is 43.9 Å². The Morgan fingerprint density at radius 3 is 2.50 bits per heavy atom. The van der Waals surface area contributed by atoms with Gasteiger partial charge >= 0.3 is 6.18 Å². The predicted octanol–water partition coefficient (Wildman–Crippen LogP) is 3.87. The van der Waals surface area contributed by atoms with E-state index in [2.05, 4.69) is 15.9 Å². The summed E-state index contributed by atoms with van der Waals surface area (Å²) in [5.74, 6) is 0. The van der Waals surface area contributed by atoms with Crippen molar-refractivity contribution in [3.63, 3.8) is 0 Å². The van der Waals surface area contributed by atoms with Gasteiger partial charge in [0.25, 0.3) is 0 Å². The first-order chi connectivity index (χ1) is 9.26. The quantitative estimate of drug-likeness (QED) is 0.873. The number of hydrogen-bond acceptors (Lipinski definition) is 2. The van der Waals surface area contributed by atoms with Crippen molar-refractivity contribution in [2.45, 2.75) is 44.4 Å². The Balaban J connectivity index is 2.19. The highest BCUT2D eigenvalue weighted by Crippen LogP contribution is 2.36. The van der Waals surface area contributed by atoms with Crippen molar-refractivity contribution in [3.8, 4) is 0 Å². The van der Waals surface area contributed by atoms with E-state index < -0.39 is 12.7 Å². The van der Waals surface area contributed by atoms with Crippen LogP contribution in [-0.2, 0) is 6.42 Å². The Kier molecular flexibility index (Phi) is 4.64. The zero-order valence-corrected chi connectivity index (χ0v) is 12.8. The molecule has 112 valence electrons. The number of anilines is 1. The Labute approximate surface area is 125 Å². The van der Waals surface area contributed by atoms with Crippen LogP contribution in [0.2, 0.25) is 0 Å². The minimum atomic E-state index is -4.18. The standard InChI is InChI=1S/C14H18BrF3N2/c1-9(19)6-10-2-3-12(7-13(10)15)20(11-4-5-11)8-14(16,17)18/h2-3,7,9,11H,4-6,8,19H2,1H3. The van der Waals surface area contributed by atoms with E-state index in [9.17, 15) is 13.2 Å². The molecule has 1 unspecified atom stereocenters. The van der Waals surface area contributed by atoms with Crippen molar-refractivity contribution < 1.29 is 13.2 Å². The summed E-state index contributed by atoms with van der Waals surface area (Å²) >= 11 is 3.43. The Hall–Kier alpha value is -0.750. The third kappa shape index (κ3) is 4.38. The maximum absolute atomic E-state index is 12.7. The van der Waals surface area contributed by atoms with Crippen molar-refractivity contribution in [2.24, 2.45) is 5.73 Å². The zero-order chi connectivity index (χ0) is 14.9. The lowest BCUT2D eigenvalue weighted by atomic mass is 10.1. The SMILES string of the molecule is CC(N)Cc1ccc(N(CC(F)(F)F)C2CC2)cc1Br. The van der Waals surface area contributed by atoms with E-state index in [1.54, 1.807) is 12.1 Å². The van der Waals surface area contributed by atoms with Gasteiger partial charge in [-0.1, -0.05) is 22.0 Å². The van der Waals surface area contributed by atoms with Crippen LogP contribution in [0.3, 0.4) is 0 Å². The van der Waals surface area contributed by atoms with E-state index in [-0.39, 0.29) is 12.1 Å². The summed E-state index contributed by atoms with van der Waals surface area (Å²) in [5.41, 5.74) is 7.39. The smallest absolute Gasteiger partial charge is 0.359 e. The molecule has 1 saturated carbocycles. The summed E-state index contributed by atoms with van der Waals surface area (Å²) in [4.78, 5) is 1.44. The van der Waals surface area contributed by atoms with Crippen LogP contribution < -0.4 is 10.6 Å². The molecule has 0 aromatic heterocycles. The van der Waals surface area contributed by atoms with Crippen molar-refractivity contribution in [1.29, 1.82) is 0 Å². The molecule has 0 aliphatic heterocycles. The molecule has 0 heterocycles. The second-order valence-electron chi connectivity index (χ2n) is 5.43.